The van der Waals surface area contributed by atoms with Crippen LogP contribution in [0.25, 0.3) is 0 Å². The van der Waals surface area contributed by atoms with Crippen LogP contribution in [-0.2, 0) is 17.8 Å². The molecule has 100 valence electrons. The molecule has 0 saturated heterocycles. The summed E-state index contributed by atoms with van der Waals surface area (Å²) in [5.41, 5.74) is 2.10. The van der Waals surface area contributed by atoms with E-state index >= 15 is 0 Å². The van der Waals surface area contributed by atoms with Gasteiger partial charge in [0.25, 0.3) is 0 Å². The third-order valence-corrected chi connectivity index (χ3v) is 3.49. The van der Waals surface area contributed by atoms with Gasteiger partial charge in [0.2, 0.25) is 5.91 Å². The van der Waals surface area contributed by atoms with Gasteiger partial charge in [0.05, 0.1) is 18.8 Å². The molecule has 0 aliphatic carbocycles. The van der Waals surface area contributed by atoms with Crippen LogP contribution in [0, 0.1) is 0 Å². The molecule has 0 saturated carbocycles. The predicted molar refractivity (Wildman–Crippen MR) is 68.3 cm³/mol. The second-order valence-electron chi connectivity index (χ2n) is 4.67. The van der Waals surface area contributed by atoms with E-state index in [9.17, 15) is 4.79 Å². The molecule has 1 atom stereocenters. The number of carbonyl (C=O) groups is 1. The lowest BCUT2D eigenvalue weighted by Gasteiger charge is -2.23. The summed E-state index contributed by atoms with van der Waals surface area (Å²) in [5.74, 6) is 0.777. The lowest BCUT2D eigenvalue weighted by Crippen LogP contribution is -2.38. The van der Waals surface area contributed by atoms with E-state index in [4.69, 9.17) is 8.83 Å². The third-order valence-electron chi connectivity index (χ3n) is 3.49. The van der Waals surface area contributed by atoms with E-state index in [-0.39, 0.29) is 5.91 Å². The Morgan fingerprint density at radius 2 is 2.32 bits per heavy atom. The molecular weight excluding hydrogens is 244 g/mol. The van der Waals surface area contributed by atoms with Crippen molar-refractivity contribution in [2.75, 3.05) is 13.6 Å². The van der Waals surface area contributed by atoms with Gasteiger partial charge < -0.3 is 19.1 Å². The number of fused-ring (bicyclic) bond motifs is 1. The van der Waals surface area contributed by atoms with Crippen molar-refractivity contribution in [1.82, 2.24) is 10.2 Å². The van der Waals surface area contributed by atoms with Crippen molar-refractivity contribution in [2.24, 2.45) is 0 Å². The van der Waals surface area contributed by atoms with Crippen molar-refractivity contribution in [3.8, 4) is 0 Å². The molecule has 2 aromatic heterocycles. The van der Waals surface area contributed by atoms with E-state index in [1.807, 2.05) is 17.0 Å². The highest BCUT2D eigenvalue weighted by Crippen LogP contribution is 2.26. The van der Waals surface area contributed by atoms with Crippen LogP contribution in [0.15, 0.2) is 39.8 Å². The number of nitrogens with one attached hydrogen (secondary N) is 1. The number of hydrogen-bond acceptors (Lipinski definition) is 4. The van der Waals surface area contributed by atoms with Crippen LogP contribution in [0.4, 0.5) is 0 Å². The number of nitrogens with zero attached hydrogens (tertiary/aromatic N) is 1. The molecule has 1 aliphatic rings. The molecule has 0 aromatic carbocycles. The Kier molecular flexibility index (Phi) is 3.13. The first kappa shape index (κ1) is 12.0. The quantitative estimate of drug-likeness (QED) is 0.913. The van der Waals surface area contributed by atoms with E-state index in [0.29, 0.717) is 13.1 Å². The molecule has 5 heteroatoms. The molecule has 2 aromatic rings. The second-order valence-corrected chi connectivity index (χ2v) is 4.67. The van der Waals surface area contributed by atoms with Crippen molar-refractivity contribution >= 4 is 5.91 Å². The summed E-state index contributed by atoms with van der Waals surface area (Å²) in [6, 6.07) is 3.41. The molecule has 3 heterocycles. The minimum Gasteiger partial charge on any atom is -0.472 e. The lowest BCUT2D eigenvalue weighted by molar-refractivity contribution is -0.134. The summed E-state index contributed by atoms with van der Waals surface area (Å²) in [5, 5.41) is 3.04. The first-order chi connectivity index (χ1) is 9.29. The van der Waals surface area contributed by atoms with Crippen LogP contribution < -0.4 is 5.32 Å². The van der Waals surface area contributed by atoms with Crippen molar-refractivity contribution in [1.29, 1.82) is 0 Å². The molecule has 5 nitrogen and oxygen atoms in total. The van der Waals surface area contributed by atoms with E-state index in [0.717, 1.165) is 23.3 Å². The number of rotatable bonds is 3. The minimum absolute atomic E-state index is 0.0393. The van der Waals surface area contributed by atoms with Gasteiger partial charge in [-0.15, -0.1) is 0 Å². The minimum atomic E-state index is -0.403. The maximum atomic E-state index is 12.5. The number of hydrogen-bond donors (Lipinski definition) is 1. The Balaban J connectivity index is 1.85. The summed E-state index contributed by atoms with van der Waals surface area (Å²) in [6.07, 6.45) is 5.75. The molecule has 19 heavy (non-hydrogen) atoms. The van der Waals surface area contributed by atoms with E-state index in [1.54, 1.807) is 25.8 Å². The van der Waals surface area contributed by atoms with Crippen LogP contribution >= 0.6 is 0 Å². The van der Waals surface area contributed by atoms with E-state index in [1.165, 1.54) is 0 Å². The van der Waals surface area contributed by atoms with Gasteiger partial charge in [0.1, 0.15) is 11.8 Å². The van der Waals surface area contributed by atoms with E-state index in [2.05, 4.69) is 5.32 Å². The predicted octanol–water partition coefficient (Wildman–Crippen LogP) is 1.72. The fourth-order valence-electron chi connectivity index (χ4n) is 2.48. The molecule has 1 unspecified atom stereocenters. The Morgan fingerprint density at radius 3 is 3.05 bits per heavy atom. The number of amides is 1. The maximum absolute atomic E-state index is 12.5. The topological polar surface area (TPSA) is 58.6 Å². The van der Waals surface area contributed by atoms with Crippen molar-refractivity contribution in [3.63, 3.8) is 0 Å². The summed E-state index contributed by atoms with van der Waals surface area (Å²) < 4.78 is 10.5. The van der Waals surface area contributed by atoms with Crippen LogP contribution in [0.5, 0.6) is 0 Å². The van der Waals surface area contributed by atoms with Crippen LogP contribution in [0.2, 0.25) is 0 Å². The number of furan rings is 2. The van der Waals surface area contributed by atoms with Gasteiger partial charge in [0, 0.05) is 18.7 Å². The zero-order chi connectivity index (χ0) is 13.2. The Hall–Kier alpha value is -2.01. The molecule has 0 radical (unpaired) electrons. The SMILES string of the molecule is CNC1C(=O)N(Cc2ccoc2)CCc2ccoc21. The molecule has 0 bridgehead atoms. The Bertz CT molecular complexity index is 559. The summed E-state index contributed by atoms with van der Waals surface area (Å²) in [4.78, 5) is 14.4. The molecule has 0 fully saturated rings. The monoisotopic (exact) mass is 260 g/mol. The van der Waals surface area contributed by atoms with Crippen LogP contribution in [-0.4, -0.2) is 24.4 Å². The third kappa shape index (κ3) is 2.17. The van der Waals surface area contributed by atoms with Crippen molar-refractivity contribution in [3.05, 3.63) is 47.8 Å². The fourth-order valence-corrected chi connectivity index (χ4v) is 2.48. The molecule has 1 N–H and O–H groups in total. The highest BCUT2D eigenvalue weighted by Gasteiger charge is 2.32. The highest BCUT2D eigenvalue weighted by atomic mass is 16.3. The molecule has 1 amide bonds. The first-order valence-electron chi connectivity index (χ1n) is 6.33. The van der Waals surface area contributed by atoms with Gasteiger partial charge in [-0.2, -0.15) is 0 Å². The smallest absolute Gasteiger partial charge is 0.247 e. The zero-order valence-electron chi connectivity index (χ0n) is 10.8. The van der Waals surface area contributed by atoms with Gasteiger partial charge >= 0.3 is 0 Å². The standard InChI is InChI=1S/C14H16N2O3/c1-15-12-13-11(4-7-19-13)2-5-16(14(12)17)8-10-3-6-18-9-10/h3-4,6-7,9,12,15H,2,5,8H2,1H3. The Morgan fingerprint density at radius 1 is 1.42 bits per heavy atom. The van der Waals surface area contributed by atoms with Crippen LogP contribution in [0.3, 0.4) is 0 Å². The van der Waals surface area contributed by atoms with Gasteiger partial charge in [-0.3, -0.25) is 4.79 Å². The average Bonchev–Trinajstić information content (AvgIpc) is 3.04. The van der Waals surface area contributed by atoms with Crippen molar-refractivity contribution in [2.45, 2.75) is 19.0 Å². The Labute approximate surface area is 111 Å². The van der Waals surface area contributed by atoms with Gasteiger partial charge in [-0.1, -0.05) is 0 Å². The van der Waals surface area contributed by atoms with Gasteiger partial charge in [0.15, 0.2) is 0 Å². The van der Waals surface area contributed by atoms with Gasteiger partial charge in [-0.05, 0) is 31.2 Å². The molecule has 1 aliphatic heterocycles. The normalized spacial score (nSPS) is 19.3. The summed E-state index contributed by atoms with van der Waals surface area (Å²) in [6.45, 7) is 1.26. The zero-order valence-corrected chi connectivity index (χ0v) is 10.8. The molecular formula is C14H16N2O3. The van der Waals surface area contributed by atoms with E-state index < -0.39 is 6.04 Å². The average molecular weight is 260 g/mol. The summed E-state index contributed by atoms with van der Waals surface area (Å²) >= 11 is 0. The van der Waals surface area contributed by atoms with Gasteiger partial charge in [-0.25, -0.2) is 0 Å². The largest absolute Gasteiger partial charge is 0.472 e. The lowest BCUT2D eigenvalue weighted by atomic mass is 10.1. The molecule has 0 spiro atoms. The first-order valence-corrected chi connectivity index (χ1v) is 6.33. The fraction of sp³-hybridized carbons (Fsp3) is 0.357. The highest BCUT2D eigenvalue weighted by molar-refractivity contribution is 5.83. The maximum Gasteiger partial charge on any atom is 0.247 e. The molecule has 3 rings (SSSR count). The second kappa shape index (κ2) is 4.93. The van der Waals surface area contributed by atoms with Crippen molar-refractivity contribution < 1.29 is 13.6 Å². The summed E-state index contributed by atoms with van der Waals surface area (Å²) in [7, 11) is 1.77. The number of carbonyl (C=O) groups excluding carboxylic acids is 1. The van der Waals surface area contributed by atoms with Crippen LogP contribution in [0.1, 0.15) is 22.9 Å². The number of likely N-dealkylation sites (N-methyl/N-ethyl adjacent to an activating group) is 1.